The van der Waals surface area contributed by atoms with Crippen molar-refractivity contribution in [2.45, 2.75) is 18.6 Å². The lowest BCUT2D eigenvalue weighted by atomic mass is 10.1. The molecule has 0 spiro atoms. The summed E-state index contributed by atoms with van der Waals surface area (Å²) in [5.74, 6) is 4.81. The maximum absolute atomic E-state index is 12.2. The molecule has 0 saturated heterocycles. The average molecular weight is 205 g/mol. The summed E-state index contributed by atoms with van der Waals surface area (Å²) in [5.41, 5.74) is 2.08. The van der Waals surface area contributed by atoms with Gasteiger partial charge in [-0.2, -0.15) is 13.2 Å². The van der Waals surface area contributed by atoms with Crippen LogP contribution in [0.25, 0.3) is 0 Å². The number of hydrogen-bond acceptors (Lipinski definition) is 3. The van der Waals surface area contributed by atoms with E-state index in [0.717, 1.165) is 0 Å². The highest BCUT2D eigenvalue weighted by Gasteiger charge is 2.38. The zero-order valence-electron chi connectivity index (χ0n) is 7.25. The van der Waals surface area contributed by atoms with Gasteiger partial charge in [0.05, 0.1) is 0 Å². The number of aromatic nitrogens is 1. The number of pyridine rings is 1. The SMILES string of the molecule is NNC(Cc1ccccn1)C(F)(F)F. The summed E-state index contributed by atoms with van der Waals surface area (Å²) in [7, 11) is 0. The molecule has 1 atom stereocenters. The van der Waals surface area contributed by atoms with Crippen molar-refractivity contribution in [3.63, 3.8) is 0 Å². The molecule has 1 aromatic heterocycles. The maximum Gasteiger partial charge on any atom is 0.405 e. The molecule has 0 aliphatic carbocycles. The molecule has 0 saturated carbocycles. The van der Waals surface area contributed by atoms with Crippen molar-refractivity contribution in [2.75, 3.05) is 0 Å². The second-order valence-electron chi connectivity index (χ2n) is 2.79. The van der Waals surface area contributed by atoms with Gasteiger partial charge in [0.15, 0.2) is 0 Å². The zero-order valence-corrected chi connectivity index (χ0v) is 7.25. The van der Waals surface area contributed by atoms with E-state index in [1.807, 2.05) is 0 Å². The molecular formula is C8H10F3N3. The van der Waals surface area contributed by atoms with Gasteiger partial charge in [0, 0.05) is 18.3 Å². The molecule has 3 nitrogen and oxygen atoms in total. The summed E-state index contributed by atoms with van der Waals surface area (Å²) < 4.78 is 36.7. The summed E-state index contributed by atoms with van der Waals surface area (Å²) in [6, 6.07) is 3.04. The van der Waals surface area contributed by atoms with Gasteiger partial charge in [-0.05, 0) is 12.1 Å². The molecule has 1 aromatic rings. The number of nitrogens with one attached hydrogen (secondary N) is 1. The zero-order chi connectivity index (χ0) is 10.6. The summed E-state index contributed by atoms with van der Waals surface area (Å²) in [6.45, 7) is 0. The van der Waals surface area contributed by atoms with Gasteiger partial charge in [-0.15, -0.1) is 0 Å². The third-order valence-electron chi connectivity index (χ3n) is 1.74. The Morgan fingerprint density at radius 2 is 2.14 bits per heavy atom. The predicted octanol–water partition coefficient (Wildman–Crippen LogP) is 1.02. The van der Waals surface area contributed by atoms with Crippen LogP contribution >= 0.6 is 0 Å². The van der Waals surface area contributed by atoms with Crippen molar-refractivity contribution in [2.24, 2.45) is 5.84 Å². The fourth-order valence-electron chi connectivity index (χ4n) is 0.997. The Labute approximate surface area is 79.1 Å². The van der Waals surface area contributed by atoms with Crippen LogP contribution in [0, 0.1) is 0 Å². The van der Waals surface area contributed by atoms with Crippen molar-refractivity contribution in [1.29, 1.82) is 0 Å². The van der Waals surface area contributed by atoms with Gasteiger partial charge in [0.1, 0.15) is 6.04 Å². The number of alkyl halides is 3. The summed E-state index contributed by atoms with van der Waals surface area (Å²) in [5, 5.41) is 0. The van der Waals surface area contributed by atoms with Crippen molar-refractivity contribution in [1.82, 2.24) is 10.4 Å². The maximum atomic E-state index is 12.2. The van der Waals surface area contributed by atoms with Gasteiger partial charge < -0.3 is 0 Å². The minimum Gasteiger partial charge on any atom is -0.271 e. The van der Waals surface area contributed by atoms with E-state index < -0.39 is 12.2 Å². The van der Waals surface area contributed by atoms with E-state index in [-0.39, 0.29) is 6.42 Å². The van der Waals surface area contributed by atoms with E-state index in [9.17, 15) is 13.2 Å². The molecular weight excluding hydrogens is 195 g/mol. The molecule has 0 aromatic carbocycles. The van der Waals surface area contributed by atoms with Gasteiger partial charge in [-0.25, -0.2) is 5.43 Å². The Bertz CT molecular complexity index is 273. The molecule has 0 radical (unpaired) electrons. The molecule has 0 fully saturated rings. The molecule has 0 aliphatic rings. The van der Waals surface area contributed by atoms with E-state index >= 15 is 0 Å². The van der Waals surface area contributed by atoms with Gasteiger partial charge in [0.25, 0.3) is 0 Å². The monoisotopic (exact) mass is 205 g/mol. The Morgan fingerprint density at radius 1 is 1.43 bits per heavy atom. The normalized spacial score (nSPS) is 14.0. The first-order valence-corrected chi connectivity index (χ1v) is 3.97. The highest BCUT2D eigenvalue weighted by molar-refractivity contribution is 5.05. The molecule has 1 unspecified atom stereocenters. The highest BCUT2D eigenvalue weighted by atomic mass is 19.4. The molecule has 78 valence electrons. The van der Waals surface area contributed by atoms with Crippen LogP contribution in [-0.2, 0) is 6.42 Å². The lowest BCUT2D eigenvalue weighted by Gasteiger charge is -2.18. The fourth-order valence-corrected chi connectivity index (χ4v) is 0.997. The molecule has 1 rings (SSSR count). The van der Waals surface area contributed by atoms with E-state index in [4.69, 9.17) is 5.84 Å². The van der Waals surface area contributed by atoms with Crippen molar-refractivity contribution in [3.8, 4) is 0 Å². The number of hydrogen-bond donors (Lipinski definition) is 2. The van der Waals surface area contributed by atoms with Gasteiger partial charge in [0.2, 0.25) is 0 Å². The van der Waals surface area contributed by atoms with E-state index in [1.165, 1.54) is 12.3 Å². The molecule has 3 N–H and O–H groups in total. The second kappa shape index (κ2) is 4.39. The third kappa shape index (κ3) is 2.97. The van der Waals surface area contributed by atoms with E-state index in [2.05, 4.69) is 4.98 Å². The van der Waals surface area contributed by atoms with E-state index in [0.29, 0.717) is 5.69 Å². The van der Waals surface area contributed by atoms with Crippen LogP contribution in [0.3, 0.4) is 0 Å². The summed E-state index contributed by atoms with van der Waals surface area (Å²) >= 11 is 0. The lowest BCUT2D eigenvalue weighted by molar-refractivity contribution is -0.155. The fraction of sp³-hybridized carbons (Fsp3) is 0.375. The number of rotatable bonds is 3. The number of hydrazine groups is 1. The predicted molar refractivity (Wildman–Crippen MR) is 45.1 cm³/mol. The number of nitrogens with zero attached hydrogens (tertiary/aromatic N) is 1. The number of halogens is 3. The van der Waals surface area contributed by atoms with Crippen LogP contribution in [0.15, 0.2) is 24.4 Å². The Morgan fingerprint density at radius 3 is 2.57 bits per heavy atom. The van der Waals surface area contributed by atoms with Crippen LogP contribution < -0.4 is 11.3 Å². The van der Waals surface area contributed by atoms with Crippen molar-refractivity contribution >= 4 is 0 Å². The smallest absolute Gasteiger partial charge is 0.271 e. The van der Waals surface area contributed by atoms with Gasteiger partial charge in [-0.1, -0.05) is 6.07 Å². The molecule has 1 heterocycles. The first-order valence-electron chi connectivity index (χ1n) is 3.97. The first-order chi connectivity index (χ1) is 6.54. The van der Waals surface area contributed by atoms with Crippen LogP contribution in [0.2, 0.25) is 0 Å². The minimum absolute atomic E-state index is 0.263. The number of nitrogens with two attached hydrogens (primary N) is 1. The summed E-state index contributed by atoms with van der Waals surface area (Å²) in [4.78, 5) is 3.78. The van der Waals surface area contributed by atoms with Crippen molar-refractivity contribution < 1.29 is 13.2 Å². The van der Waals surface area contributed by atoms with E-state index in [1.54, 1.807) is 17.6 Å². The Kier molecular flexibility index (Phi) is 3.43. The topological polar surface area (TPSA) is 50.9 Å². The Balaban J connectivity index is 2.67. The molecule has 14 heavy (non-hydrogen) atoms. The van der Waals surface area contributed by atoms with Crippen LogP contribution in [0.5, 0.6) is 0 Å². The highest BCUT2D eigenvalue weighted by Crippen LogP contribution is 2.21. The Hall–Kier alpha value is -1.14. The minimum atomic E-state index is -4.35. The molecule has 0 amide bonds. The quantitative estimate of drug-likeness (QED) is 0.572. The van der Waals surface area contributed by atoms with Crippen LogP contribution in [0.1, 0.15) is 5.69 Å². The van der Waals surface area contributed by atoms with Crippen LogP contribution in [-0.4, -0.2) is 17.2 Å². The van der Waals surface area contributed by atoms with Crippen molar-refractivity contribution in [3.05, 3.63) is 30.1 Å². The third-order valence-corrected chi connectivity index (χ3v) is 1.74. The van der Waals surface area contributed by atoms with Crippen LogP contribution in [0.4, 0.5) is 13.2 Å². The summed E-state index contributed by atoms with van der Waals surface area (Å²) in [6.07, 6.45) is -3.17. The largest absolute Gasteiger partial charge is 0.405 e. The molecule has 0 aliphatic heterocycles. The standard InChI is InChI=1S/C8H10F3N3/c9-8(10,11)7(14-12)5-6-3-1-2-4-13-6/h1-4,7,14H,5,12H2. The second-order valence-corrected chi connectivity index (χ2v) is 2.79. The van der Waals surface area contributed by atoms with Gasteiger partial charge >= 0.3 is 6.18 Å². The molecule has 0 bridgehead atoms. The average Bonchev–Trinajstić information content (AvgIpc) is 2.14. The lowest BCUT2D eigenvalue weighted by Crippen LogP contribution is -2.47. The first kappa shape index (κ1) is 10.9. The molecule has 6 heteroatoms. The van der Waals surface area contributed by atoms with Gasteiger partial charge in [-0.3, -0.25) is 10.8 Å².